The van der Waals surface area contributed by atoms with Crippen molar-refractivity contribution in [3.63, 3.8) is 0 Å². The highest BCUT2D eigenvalue weighted by molar-refractivity contribution is 7.91. The molecule has 0 spiro atoms. The molecule has 0 saturated carbocycles. The van der Waals surface area contributed by atoms with Gasteiger partial charge in [-0.05, 0) is 18.4 Å². The molecule has 0 aliphatic heterocycles. The summed E-state index contributed by atoms with van der Waals surface area (Å²) in [6.45, 7) is 2.08. The summed E-state index contributed by atoms with van der Waals surface area (Å²) < 4.78 is 31.7. The van der Waals surface area contributed by atoms with Crippen LogP contribution in [-0.4, -0.2) is 25.9 Å². The van der Waals surface area contributed by atoms with Gasteiger partial charge in [-0.15, -0.1) is 22.7 Å². The Morgan fingerprint density at radius 1 is 1.19 bits per heavy atom. The number of thiophene rings is 1. The van der Waals surface area contributed by atoms with Crippen LogP contribution in [0.25, 0.3) is 10.6 Å². The first-order valence-corrected chi connectivity index (χ1v) is 11.4. The number of hydrogen-bond donors (Lipinski definition) is 1. The smallest absolute Gasteiger partial charge is 0.307 e. The van der Waals surface area contributed by atoms with E-state index in [-0.39, 0.29) is 23.8 Å². The first-order chi connectivity index (χ1) is 12.9. The van der Waals surface area contributed by atoms with Gasteiger partial charge in [0.15, 0.2) is 0 Å². The Morgan fingerprint density at radius 2 is 1.96 bits per heavy atom. The van der Waals surface area contributed by atoms with Crippen LogP contribution < -0.4 is 4.72 Å². The highest BCUT2D eigenvalue weighted by Gasteiger charge is 2.15. The fraction of sp³-hybridized carbons (Fsp3) is 0.222. The molecule has 9 heteroatoms. The van der Waals surface area contributed by atoms with Gasteiger partial charge in [-0.2, -0.15) is 0 Å². The van der Waals surface area contributed by atoms with Gasteiger partial charge in [0.25, 0.3) is 0 Å². The zero-order valence-electron chi connectivity index (χ0n) is 14.5. The molecular formula is C18H18N2O4S3. The normalized spacial score (nSPS) is 11.4. The maximum absolute atomic E-state index is 12.0. The average molecular weight is 423 g/mol. The minimum absolute atomic E-state index is 0.00918. The Hall–Kier alpha value is -2.07. The zero-order valence-corrected chi connectivity index (χ0v) is 17.0. The van der Waals surface area contributed by atoms with Crippen LogP contribution in [0.15, 0.2) is 51.4 Å². The van der Waals surface area contributed by atoms with Crippen molar-refractivity contribution in [3.05, 3.63) is 58.4 Å². The lowest BCUT2D eigenvalue weighted by molar-refractivity contribution is -0.144. The maximum atomic E-state index is 12.0. The van der Waals surface area contributed by atoms with Gasteiger partial charge in [-0.25, -0.2) is 18.1 Å². The van der Waals surface area contributed by atoms with Crippen molar-refractivity contribution in [2.45, 2.75) is 24.2 Å². The number of aryl methyl sites for hydroxylation is 1. The van der Waals surface area contributed by atoms with E-state index in [1.165, 1.54) is 23.0 Å². The van der Waals surface area contributed by atoms with Crippen LogP contribution in [0.4, 0.5) is 0 Å². The molecule has 0 fully saturated rings. The molecule has 1 N–H and O–H groups in total. The van der Waals surface area contributed by atoms with Crippen molar-refractivity contribution < 1.29 is 17.9 Å². The first-order valence-electron chi connectivity index (χ1n) is 8.14. The first kappa shape index (κ1) is 19.7. The predicted octanol–water partition coefficient (Wildman–Crippen LogP) is 3.59. The number of aromatic nitrogens is 1. The number of nitrogens with zero attached hydrogens (tertiary/aromatic N) is 1. The summed E-state index contributed by atoms with van der Waals surface area (Å²) >= 11 is 2.61. The minimum atomic E-state index is -3.56. The Labute approximate surface area is 165 Å². The average Bonchev–Trinajstić information content (AvgIpc) is 3.33. The van der Waals surface area contributed by atoms with Crippen molar-refractivity contribution in [1.82, 2.24) is 9.71 Å². The second-order valence-corrected chi connectivity index (χ2v) is 9.55. The molecule has 2 aromatic heterocycles. The number of thiazole rings is 1. The van der Waals surface area contributed by atoms with E-state index in [0.29, 0.717) is 5.69 Å². The Morgan fingerprint density at radius 3 is 2.67 bits per heavy atom. The monoisotopic (exact) mass is 422 g/mol. The van der Waals surface area contributed by atoms with E-state index in [0.717, 1.165) is 21.9 Å². The molecule has 27 heavy (non-hydrogen) atoms. The standard InChI is InChI=1S/C18H18N2O4S3/c1-13-4-6-14(7-5-13)18-20-15(12-26-18)11-24-16(21)8-9-19-27(22,23)17-3-2-10-25-17/h2-7,10,12,19H,8-9,11H2,1H3. The largest absolute Gasteiger partial charge is 0.459 e. The van der Waals surface area contributed by atoms with Gasteiger partial charge in [0.1, 0.15) is 15.8 Å². The number of esters is 1. The molecular weight excluding hydrogens is 404 g/mol. The van der Waals surface area contributed by atoms with Crippen molar-refractivity contribution in [2.75, 3.05) is 6.54 Å². The van der Waals surface area contributed by atoms with E-state index in [2.05, 4.69) is 9.71 Å². The summed E-state index contributed by atoms with van der Waals surface area (Å²) in [6.07, 6.45) is -0.0421. The van der Waals surface area contributed by atoms with Crippen molar-refractivity contribution in [3.8, 4) is 10.6 Å². The molecule has 0 atom stereocenters. The fourth-order valence-corrected chi connectivity index (χ4v) is 5.08. The van der Waals surface area contributed by atoms with Gasteiger partial charge < -0.3 is 4.74 Å². The number of hydrogen-bond acceptors (Lipinski definition) is 7. The van der Waals surface area contributed by atoms with E-state index in [1.54, 1.807) is 11.4 Å². The molecule has 0 bridgehead atoms. The predicted molar refractivity (Wildman–Crippen MR) is 106 cm³/mol. The summed E-state index contributed by atoms with van der Waals surface area (Å²) in [5.41, 5.74) is 2.87. The number of nitrogens with one attached hydrogen (secondary N) is 1. The van der Waals surface area contributed by atoms with Crippen molar-refractivity contribution >= 4 is 38.7 Å². The number of rotatable bonds is 8. The zero-order chi connectivity index (χ0) is 19.3. The lowest BCUT2D eigenvalue weighted by atomic mass is 10.2. The van der Waals surface area contributed by atoms with Crippen LogP contribution in [0.1, 0.15) is 17.7 Å². The number of carbonyl (C=O) groups is 1. The number of benzene rings is 1. The fourth-order valence-electron chi connectivity index (χ4n) is 2.20. The molecule has 3 rings (SSSR count). The summed E-state index contributed by atoms with van der Waals surface area (Å²) in [5.74, 6) is -0.478. The van der Waals surface area contributed by atoms with Crippen LogP contribution in [0.5, 0.6) is 0 Å². The van der Waals surface area contributed by atoms with Gasteiger partial charge >= 0.3 is 5.97 Å². The lowest BCUT2D eigenvalue weighted by Gasteiger charge is -2.05. The van der Waals surface area contributed by atoms with Gasteiger partial charge in [-0.1, -0.05) is 35.9 Å². The molecule has 0 amide bonds. The van der Waals surface area contributed by atoms with Crippen LogP contribution in [-0.2, 0) is 26.2 Å². The Kier molecular flexibility index (Phi) is 6.38. The molecule has 3 aromatic rings. The van der Waals surface area contributed by atoms with E-state index < -0.39 is 16.0 Å². The summed E-state index contributed by atoms with van der Waals surface area (Å²) in [5, 5.41) is 4.40. The molecule has 0 unspecified atom stereocenters. The molecule has 142 valence electrons. The third-order valence-electron chi connectivity index (χ3n) is 3.61. The second kappa shape index (κ2) is 8.75. The van der Waals surface area contributed by atoms with Crippen molar-refractivity contribution in [1.29, 1.82) is 0 Å². The molecule has 0 radical (unpaired) electrons. The molecule has 0 saturated heterocycles. The molecule has 0 aliphatic carbocycles. The maximum Gasteiger partial charge on any atom is 0.307 e. The van der Waals surface area contributed by atoms with Gasteiger partial charge in [0, 0.05) is 17.5 Å². The molecule has 1 aromatic carbocycles. The Balaban J connectivity index is 1.45. The highest BCUT2D eigenvalue weighted by Crippen LogP contribution is 2.24. The van der Waals surface area contributed by atoms with Gasteiger partial charge in [0.2, 0.25) is 10.0 Å². The van der Waals surface area contributed by atoms with Crippen LogP contribution in [0, 0.1) is 6.92 Å². The summed E-state index contributed by atoms with van der Waals surface area (Å²) in [6, 6.07) is 11.2. The molecule has 0 aliphatic rings. The van der Waals surface area contributed by atoms with E-state index in [4.69, 9.17) is 4.74 Å². The summed E-state index contributed by atoms with van der Waals surface area (Å²) in [4.78, 5) is 16.3. The number of carbonyl (C=O) groups excluding carboxylic acids is 1. The highest BCUT2D eigenvalue weighted by atomic mass is 32.2. The lowest BCUT2D eigenvalue weighted by Crippen LogP contribution is -2.26. The SMILES string of the molecule is Cc1ccc(-c2nc(COC(=O)CCNS(=O)(=O)c3cccs3)cs2)cc1. The third kappa shape index (κ3) is 5.46. The van der Waals surface area contributed by atoms with Crippen LogP contribution >= 0.6 is 22.7 Å². The quantitative estimate of drug-likeness (QED) is 0.561. The van der Waals surface area contributed by atoms with Crippen LogP contribution in [0.3, 0.4) is 0 Å². The third-order valence-corrected chi connectivity index (χ3v) is 7.41. The van der Waals surface area contributed by atoms with Gasteiger partial charge in [0.05, 0.1) is 12.1 Å². The topological polar surface area (TPSA) is 85.4 Å². The number of ether oxygens (including phenoxy) is 1. The van der Waals surface area contributed by atoms with Crippen molar-refractivity contribution in [2.24, 2.45) is 0 Å². The number of sulfonamides is 1. The Bertz CT molecular complexity index is 994. The minimum Gasteiger partial charge on any atom is -0.459 e. The summed E-state index contributed by atoms with van der Waals surface area (Å²) in [7, 11) is -3.56. The van der Waals surface area contributed by atoms with Crippen LogP contribution in [0.2, 0.25) is 0 Å². The van der Waals surface area contributed by atoms with Gasteiger partial charge in [-0.3, -0.25) is 4.79 Å². The van der Waals surface area contributed by atoms with E-state index in [9.17, 15) is 13.2 Å². The second-order valence-electron chi connectivity index (χ2n) is 5.75. The molecule has 6 nitrogen and oxygen atoms in total. The van der Waals surface area contributed by atoms with E-state index in [1.807, 2.05) is 36.6 Å². The molecule has 2 heterocycles. The van der Waals surface area contributed by atoms with E-state index >= 15 is 0 Å².